The van der Waals surface area contributed by atoms with Crippen LogP contribution < -0.4 is 9.47 Å². The van der Waals surface area contributed by atoms with Crippen molar-refractivity contribution < 1.29 is 27.8 Å². The maximum absolute atomic E-state index is 14.8. The van der Waals surface area contributed by atoms with Gasteiger partial charge in [0.05, 0.1) is 12.7 Å². The van der Waals surface area contributed by atoms with E-state index < -0.39 is 23.6 Å². The number of ether oxygens (including phenoxy) is 2. The van der Waals surface area contributed by atoms with Gasteiger partial charge in [0.25, 0.3) is 0 Å². The molecule has 4 aromatic rings. The molecule has 0 spiro atoms. The van der Waals surface area contributed by atoms with Crippen LogP contribution in [0.1, 0.15) is 30.6 Å². The topological polar surface area (TPSA) is 38.7 Å². The zero-order valence-electron chi connectivity index (χ0n) is 20.4. The van der Waals surface area contributed by atoms with Gasteiger partial charge >= 0.3 is 0 Å². The lowest BCUT2D eigenvalue weighted by molar-refractivity contribution is 0.199. The van der Waals surface area contributed by atoms with E-state index in [1.807, 2.05) is 0 Å². The normalized spacial score (nSPS) is 11.7. The highest BCUT2D eigenvalue weighted by Crippen LogP contribution is 2.30. The first kappa shape index (κ1) is 26.0. The summed E-state index contributed by atoms with van der Waals surface area (Å²) < 4.78 is 55.3. The minimum absolute atomic E-state index is 0.0732. The second-order valence-electron chi connectivity index (χ2n) is 8.58. The van der Waals surface area contributed by atoms with Gasteiger partial charge in [-0.3, -0.25) is 0 Å². The largest absolute Gasteiger partial charge is 0.493 e. The minimum atomic E-state index is -0.980. The summed E-state index contributed by atoms with van der Waals surface area (Å²) in [7, 11) is 0. The van der Waals surface area contributed by atoms with E-state index in [-0.39, 0.29) is 17.7 Å². The summed E-state index contributed by atoms with van der Waals surface area (Å²) in [4.78, 5) is 0. The lowest BCUT2D eigenvalue weighted by Gasteiger charge is -2.12. The van der Waals surface area contributed by atoms with Crippen molar-refractivity contribution in [1.29, 1.82) is 0 Å². The highest BCUT2D eigenvalue weighted by atomic mass is 19.2. The molecule has 0 saturated heterocycles. The third-order valence-electron chi connectivity index (χ3n) is 5.96. The lowest BCUT2D eigenvalue weighted by atomic mass is 10.00. The van der Waals surface area contributed by atoms with Crippen molar-refractivity contribution in [2.75, 3.05) is 6.61 Å². The fraction of sp³-hybridized carbons (Fsp3) is 0.161. The van der Waals surface area contributed by atoms with Gasteiger partial charge in [-0.15, -0.1) is 6.58 Å². The number of aliphatic hydroxyl groups is 1. The minimum Gasteiger partial charge on any atom is -0.493 e. The third kappa shape index (κ3) is 6.22. The SMILES string of the molecule is C=CCCOc1ccc(-c2ccc(OCc3ccc(-c4ccc(C(C)O)cc4)c(F)c3F)cc2)c(F)c1. The Labute approximate surface area is 214 Å². The first-order valence-electron chi connectivity index (χ1n) is 11.9. The first-order valence-corrected chi connectivity index (χ1v) is 11.9. The number of hydrogen-bond acceptors (Lipinski definition) is 3. The summed E-state index contributed by atoms with van der Waals surface area (Å²) in [6, 6.07) is 21.0. The summed E-state index contributed by atoms with van der Waals surface area (Å²) in [6.45, 7) is 5.52. The average molecular weight is 505 g/mol. The summed E-state index contributed by atoms with van der Waals surface area (Å²) >= 11 is 0. The van der Waals surface area contributed by atoms with E-state index in [4.69, 9.17) is 9.47 Å². The van der Waals surface area contributed by atoms with Crippen molar-refractivity contribution in [3.05, 3.63) is 120 Å². The van der Waals surface area contributed by atoms with Crippen LogP contribution in [0.3, 0.4) is 0 Å². The first-order chi connectivity index (χ1) is 17.9. The van der Waals surface area contributed by atoms with Crippen LogP contribution in [-0.4, -0.2) is 11.7 Å². The van der Waals surface area contributed by atoms with Crippen LogP contribution in [0, 0.1) is 17.5 Å². The Hall–Kier alpha value is -4.03. The fourth-order valence-corrected chi connectivity index (χ4v) is 3.84. The van der Waals surface area contributed by atoms with Crippen molar-refractivity contribution in [1.82, 2.24) is 0 Å². The van der Waals surface area contributed by atoms with Crippen molar-refractivity contribution in [3.63, 3.8) is 0 Å². The van der Waals surface area contributed by atoms with E-state index in [1.54, 1.807) is 73.7 Å². The molecule has 0 saturated carbocycles. The van der Waals surface area contributed by atoms with Crippen LogP contribution in [0.15, 0.2) is 91.5 Å². The van der Waals surface area contributed by atoms with Gasteiger partial charge in [-0.2, -0.15) is 0 Å². The molecule has 6 heteroatoms. The molecule has 0 amide bonds. The van der Waals surface area contributed by atoms with Gasteiger partial charge in [-0.1, -0.05) is 54.6 Å². The summed E-state index contributed by atoms with van der Waals surface area (Å²) in [5, 5.41) is 9.63. The van der Waals surface area contributed by atoms with Crippen molar-refractivity contribution in [2.45, 2.75) is 26.1 Å². The maximum atomic E-state index is 14.8. The maximum Gasteiger partial charge on any atom is 0.167 e. The van der Waals surface area contributed by atoms with E-state index in [9.17, 15) is 18.3 Å². The Kier molecular flexibility index (Phi) is 8.31. The van der Waals surface area contributed by atoms with E-state index in [0.29, 0.717) is 46.8 Å². The Balaban J connectivity index is 1.42. The van der Waals surface area contributed by atoms with Crippen LogP contribution in [0.5, 0.6) is 11.5 Å². The molecule has 0 radical (unpaired) electrons. The number of aliphatic hydroxyl groups excluding tert-OH is 1. The molecule has 4 rings (SSSR count). The van der Waals surface area contributed by atoms with Crippen LogP contribution in [0.4, 0.5) is 13.2 Å². The number of rotatable bonds is 10. The molecule has 0 fully saturated rings. The van der Waals surface area contributed by atoms with Crippen LogP contribution in [0.2, 0.25) is 0 Å². The monoisotopic (exact) mass is 504 g/mol. The summed E-state index contributed by atoms with van der Waals surface area (Å²) in [6.07, 6.45) is 1.76. The molecule has 0 aromatic heterocycles. The molecular weight excluding hydrogens is 477 g/mol. The number of halogens is 3. The second kappa shape index (κ2) is 11.8. The van der Waals surface area contributed by atoms with Crippen molar-refractivity contribution >= 4 is 0 Å². The Morgan fingerprint density at radius 1 is 0.784 bits per heavy atom. The molecule has 4 aromatic carbocycles. The quantitative estimate of drug-likeness (QED) is 0.176. The smallest absolute Gasteiger partial charge is 0.167 e. The number of hydrogen-bond donors (Lipinski definition) is 1. The molecule has 0 bridgehead atoms. The van der Waals surface area contributed by atoms with E-state index in [1.165, 1.54) is 18.2 Å². The Morgan fingerprint density at radius 3 is 2.05 bits per heavy atom. The second-order valence-corrected chi connectivity index (χ2v) is 8.58. The van der Waals surface area contributed by atoms with Crippen molar-refractivity contribution in [2.24, 2.45) is 0 Å². The standard InChI is InChI=1S/C31H27F3O3/c1-3-4-17-36-26-14-16-27(29(32)18-26)22-9-12-25(13-10-22)37-19-24-11-15-28(31(34)30(24)33)23-7-5-21(6-8-23)20(2)35/h3,5-16,18,20,35H,1,4,17,19H2,2H3. The molecule has 1 N–H and O–H groups in total. The Bertz CT molecular complexity index is 1360. The number of benzene rings is 4. The molecule has 190 valence electrons. The zero-order chi connectivity index (χ0) is 26.4. The molecular formula is C31H27F3O3. The molecule has 0 heterocycles. The van der Waals surface area contributed by atoms with Crippen molar-refractivity contribution in [3.8, 4) is 33.8 Å². The molecule has 37 heavy (non-hydrogen) atoms. The summed E-state index contributed by atoms with van der Waals surface area (Å²) in [5.41, 5.74) is 2.45. The predicted octanol–water partition coefficient (Wildman–Crippen LogP) is 8.03. The lowest BCUT2D eigenvalue weighted by Crippen LogP contribution is -2.02. The Morgan fingerprint density at radius 2 is 1.41 bits per heavy atom. The van der Waals surface area contributed by atoms with E-state index in [2.05, 4.69) is 6.58 Å². The van der Waals surface area contributed by atoms with E-state index in [0.717, 1.165) is 0 Å². The fourth-order valence-electron chi connectivity index (χ4n) is 3.84. The van der Waals surface area contributed by atoms with Crippen LogP contribution in [0.25, 0.3) is 22.3 Å². The predicted molar refractivity (Wildman–Crippen MR) is 139 cm³/mol. The average Bonchev–Trinajstić information content (AvgIpc) is 2.90. The molecule has 0 aliphatic carbocycles. The van der Waals surface area contributed by atoms with Gasteiger partial charge in [0, 0.05) is 22.8 Å². The van der Waals surface area contributed by atoms with Gasteiger partial charge in [0.15, 0.2) is 11.6 Å². The van der Waals surface area contributed by atoms with E-state index >= 15 is 0 Å². The molecule has 0 aliphatic heterocycles. The summed E-state index contributed by atoms with van der Waals surface area (Å²) in [5.74, 6) is -1.48. The molecule has 0 aliphatic rings. The van der Waals surface area contributed by atoms with Crippen LogP contribution in [-0.2, 0) is 6.61 Å². The zero-order valence-corrected chi connectivity index (χ0v) is 20.4. The van der Waals surface area contributed by atoms with Gasteiger partial charge in [-0.05, 0) is 54.3 Å². The highest BCUT2D eigenvalue weighted by Gasteiger charge is 2.16. The van der Waals surface area contributed by atoms with Gasteiger partial charge < -0.3 is 14.6 Å². The van der Waals surface area contributed by atoms with Gasteiger partial charge in [0.1, 0.15) is 23.9 Å². The van der Waals surface area contributed by atoms with Gasteiger partial charge in [-0.25, -0.2) is 13.2 Å². The molecule has 1 atom stereocenters. The van der Waals surface area contributed by atoms with Crippen LogP contribution >= 0.6 is 0 Å². The molecule has 1 unspecified atom stereocenters. The highest BCUT2D eigenvalue weighted by molar-refractivity contribution is 5.66. The molecule has 3 nitrogen and oxygen atoms in total. The third-order valence-corrected chi connectivity index (χ3v) is 5.96. The van der Waals surface area contributed by atoms with Gasteiger partial charge in [0.2, 0.25) is 0 Å².